The molecule has 0 fully saturated rings. The Bertz CT molecular complexity index is 420. The molecule has 1 heterocycles. The van der Waals surface area contributed by atoms with E-state index in [-0.39, 0.29) is 23.8 Å². The molecule has 1 rings (SSSR count). The van der Waals surface area contributed by atoms with Crippen molar-refractivity contribution in [1.82, 2.24) is 9.88 Å². The second kappa shape index (κ2) is 5.78. The fraction of sp³-hybridized carbons (Fsp3) is 0.400. The van der Waals surface area contributed by atoms with E-state index in [4.69, 9.17) is 0 Å². The van der Waals surface area contributed by atoms with E-state index in [9.17, 15) is 14.9 Å². The molecule has 0 atom stereocenters. The number of nitro groups is 1. The lowest BCUT2D eigenvalue weighted by atomic mass is 10.3. The summed E-state index contributed by atoms with van der Waals surface area (Å²) in [5, 5.41) is 13.5. The van der Waals surface area contributed by atoms with Gasteiger partial charge >= 0.3 is 5.69 Å². The Labute approximate surface area is 98.6 Å². The van der Waals surface area contributed by atoms with E-state index in [0.717, 1.165) is 0 Å². The smallest absolute Gasteiger partial charge is 0.311 e. The number of carbonyl (C=O) groups is 1. The Morgan fingerprint density at radius 2 is 2.29 bits per heavy atom. The van der Waals surface area contributed by atoms with Crippen LogP contribution >= 0.6 is 0 Å². The lowest BCUT2D eigenvalue weighted by Gasteiger charge is -2.10. The van der Waals surface area contributed by atoms with Gasteiger partial charge < -0.3 is 10.2 Å². The number of nitrogens with zero attached hydrogens (tertiary/aromatic N) is 3. The van der Waals surface area contributed by atoms with Gasteiger partial charge in [-0.15, -0.1) is 0 Å². The van der Waals surface area contributed by atoms with Crippen molar-refractivity contribution < 1.29 is 9.72 Å². The molecule has 0 spiro atoms. The minimum Gasteiger partial charge on any atom is -0.364 e. The highest BCUT2D eigenvalue weighted by molar-refractivity contribution is 5.76. The fourth-order valence-corrected chi connectivity index (χ4v) is 1.19. The van der Waals surface area contributed by atoms with Crippen LogP contribution in [0, 0.1) is 10.1 Å². The van der Waals surface area contributed by atoms with Gasteiger partial charge in [-0.25, -0.2) is 4.98 Å². The third-order valence-corrected chi connectivity index (χ3v) is 2.11. The van der Waals surface area contributed by atoms with E-state index in [2.05, 4.69) is 10.3 Å². The third-order valence-electron chi connectivity index (χ3n) is 2.11. The Balaban J connectivity index is 2.58. The van der Waals surface area contributed by atoms with Crippen LogP contribution in [0.2, 0.25) is 0 Å². The predicted octanol–water partition coefficient (Wildman–Crippen LogP) is 0.880. The molecule has 0 aliphatic rings. The van der Waals surface area contributed by atoms with Crippen molar-refractivity contribution >= 4 is 17.4 Å². The van der Waals surface area contributed by atoms with Crippen molar-refractivity contribution in [2.24, 2.45) is 0 Å². The highest BCUT2D eigenvalue weighted by atomic mass is 16.6. The zero-order chi connectivity index (χ0) is 12.8. The van der Waals surface area contributed by atoms with Gasteiger partial charge in [0.1, 0.15) is 0 Å². The molecular weight excluding hydrogens is 224 g/mol. The largest absolute Gasteiger partial charge is 0.364 e. The normalized spacial score (nSPS) is 9.76. The van der Waals surface area contributed by atoms with Gasteiger partial charge in [0.2, 0.25) is 11.7 Å². The number of amides is 1. The average molecular weight is 238 g/mol. The van der Waals surface area contributed by atoms with Crippen molar-refractivity contribution in [2.75, 3.05) is 26.0 Å². The summed E-state index contributed by atoms with van der Waals surface area (Å²) in [6.07, 6.45) is 1.73. The zero-order valence-electron chi connectivity index (χ0n) is 9.71. The molecule has 7 nitrogen and oxygen atoms in total. The summed E-state index contributed by atoms with van der Waals surface area (Å²) in [5.41, 5.74) is -0.0928. The number of aromatic nitrogens is 1. The number of hydrogen-bond acceptors (Lipinski definition) is 5. The van der Waals surface area contributed by atoms with Crippen LogP contribution in [0.5, 0.6) is 0 Å². The number of hydrogen-bond donors (Lipinski definition) is 1. The van der Waals surface area contributed by atoms with Crippen LogP contribution in [0.25, 0.3) is 0 Å². The van der Waals surface area contributed by atoms with Gasteiger partial charge in [-0.2, -0.15) is 0 Å². The van der Waals surface area contributed by atoms with E-state index in [1.807, 2.05) is 0 Å². The Hall–Kier alpha value is -2.18. The maximum absolute atomic E-state index is 11.3. The van der Waals surface area contributed by atoms with Crippen LogP contribution in [0.1, 0.15) is 6.42 Å². The summed E-state index contributed by atoms with van der Waals surface area (Å²) < 4.78 is 0. The molecule has 7 heteroatoms. The molecule has 0 unspecified atom stereocenters. The van der Waals surface area contributed by atoms with Gasteiger partial charge in [0.25, 0.3) is 0 Å². The Morgan fingerprint density at radius 1 is 1.59 bits per heavy atom. The molecule has 0 radical (unpaired) electrons. The standard InChI is InChI=1S/C10H14N4O3/c1-13(2)9(15)5-7-12-10-8(14(16)17)4-3-6-11-10/h3-4,6H,5,7H2,1-2H3,(H,11,12). The van der Waals surface area contributed by atoms with Crippen LogP contribution < -0.4 is 5.32 Å². The maximum atomic E-state index is 11.3. The molecule has 0 aliphatic carbocycles. The van der Waals surface area contributed by atoms with Crippen molar-refractivity contribution in [3.63, 3.8) is 0 Å². The summed E-state index contributed by atoms with van der Waals surface area (Å²) >= 11 is 0. The minimum atomic E-state index is -0.511. The highest BCUT2D eigenvalue weighted by Gasteiger charge is 2.13. The number of carbonyl (C=O) groups excluding carboxylic acids is 1. The summed E-state index contributed by atoms with van der Waals surface area (Å²) in [7, 11) is 3.32. The SMILES string of the molecule is CN(C)C(=O)CCNc1ncccc1[N+](=O)[O-]. The first-order valence-corrected chi connectivity index (χ1v) is 5.06. The molecule has 1 amide bonds. The molecule has 1 N–H and O–H groups in total. The van der Waals surface area contributed by atoms with Gasteiger partial charge in [0.15, 0.2) is 0 Å². The van der Waals surface area contributed by atoms with Crippen molar-refractivity contribution in [2.45, 2.75) is 6.42 Å². The number of nitrogens with one attached hydrogen (secondary N) is 1. The molecular formula is C10H14N4O3. The summed E-state index contributed by atoms with van der Waals surface area (Å²) in [6, 6.07) is 2.86. The topological polar surface area (TPSA) is 88.4 Å². The zero-order valence-corrected chi connectivity index (χ0v) is 9.71. The molecule has 1 aromatic heterocycles. The van der Waals surface area contributed by atoms with E-state index in [1.54, 1.807) is 14.1 Å². The quantitative estimate of drug-likeness (QED) is 0.607. The summed E-state index contributed by atoms with van der Waals surface area (Å²) in [5.74, 6) is 0.139. The first kappa shape index (κ1) is 12.9. The molecule has 0 saturated heterocycles. The van der Waals surface area contributed by atoms with Crippen LogP contribution in [0.15, 0.2) is 18.3 Å². The number of anilines is 1. The number of pyridine rings is 1. The van der Waals surface area contributed by atoms with Crippen molar-refractivity contribution in [3.05, 3.63) is 28.4 Å². The van der Waals surface area contributed by atoms with Crippen LogP contribution in [0.4, 0.5) is 11.5 Å². The van der Waals surface area contributed by atoms with Gasteiger partial charge in [-0.05, 0) is 6.07 Å². The first-order valence-electron chi connectivity index (χ1n) is 5.06. The fourth-order valence-electron chi connectivity index (χ4n) is 1.19. The molecule has 0 bridgehead atoms. The van der Waals surface area contributed by atoms with Crippen LogP contribution in [-0.2, 0) is 4.79 Å². The number of rotatable bonds is 5. The predicted molar refractivity (Wildman–Crippen MR) is 62.7 cm³/mol. The van der Waals surface area contributed by atoms with Gasteiger partial charge in [0, 0.05) is 39.3 Å². The van der Waals surface area contributed by atoms with Gasteiger partial charge in [-0.3, -0.25) is 14.9 Å². The summed E-state index contributed by atoms with van der Waals surface area (Å²) in [4.78, 5) is 26.8. The average Bonchev–Trinajstić information content (AvgIpc) is 2.29. The van der Waals surface area contributed by atoms with Crippen molar-refractivity contribution in [1.29, 1.82) is 0 Å². The second-order valence-corrected chi connectivity index (χ2v) is 3.59. The van der Waals surface area contributed by atoms with Gasteiger partial charge in [0.05, 0.1) is 4.92 Å². The van der Waals surface area contributed by atoms with E-state index in [0.29, 0.717) is 6.54 Å². The van der Waals surface area contributed by atoms with E-state index >= 15 is 0 Å². The molecule has 0 saturated carbocycles. The second-order valence-electron chi connectivity index (χ2n) is 3.59. The molecule has 1 aromatic rings. The lowest BCUT2D eigenvalue weighted by molar-refractivity contribution is -0.384. The Morgan fingerprint density at radius 3 is 2.88 bits per heavy atom. The molecule has 0 aliphatic heterocycles. The first-order chi connectivity index (χ1) is 8.02. The van der Waals surface area contributed by atoms with Crippen LogP contribution in [0.3, 0.4) is 0 Å². The molecule has 0 aromatic carbocycles. The molecule has 17 heavy (non-hydrogen) atoms. The van der Waals surface area contributed by atoms with Gasteiger partial charge in [-0.1, -0.05) is 0 Å². The minimum absolute atomic E-state index is 0.0453. The third kappa shape index (κ3) is 3.71. The lowest BCUT2D eigenvalue weighted by Crippen LogP contribution is -2.24. The van der Waals surface area contributed by atoms with Crippen molar-refractivity contribution in [3.8, 4) is 0 Å². The van der Waals surface area contributed by atoms with E-state index < -0.39 is 4.92 Å². The monoisotopic (exact) mass is 238 g/mol. The van der Waals surface area contributed by atoms with Crippen LogP contribution in [-0.4, -0.2) is 41.4 Å². The Kier molecular flexibility index (Phi) is 4.38. The molecule has 92 valence electrons. The maximum Gasteiger partial charge on any atom is 0.311 e. The highest BCUT2D eigenvalue weighted by Crippen LogP contribution is 2.19. The van der Waals surface area contributed by atoms with E-state index in [1.165, 1.54) is 23.2 Å². The summed E-state index contributed by atoms with van der Waals surface area (Å²) in [6.45, 7) is 0.314.